The first-order valence-corrected chi connectivity index (χ1v) is 6.16. The lowest BCUT2D eigenvalue weighted by Gasteiger charge is -2.11. The molecule has 0 amide bonds. The number of benzene rings is 1. The molecule has 112 valence electrons. The second-order valence-electron chi connectivity index (χ2n) is 3.50. The number of rotatable bonds is 4. The first-order chi connectivity index (χ1) is 9.69. The van der Waals surface area contributed by atoms with E-state index >= 15 is 0 Å². The second kappa shape index (κ2) is 6.45. The topological polar surface area (TPSA) is 93.2 Å². The summed E-state index contributed by atoms with van der Waals surface area (Å²) in [6.45, 7) is 1.32. The normalized spacial score (nSPS) is 10.8. The van der Waals surface area contributed by atoms with Gasteiger partial charge in [0.15, 0.2) is 0 Å². The van der Waals surface area contributed by atoms with Gasteiger partial charge in [0.05, 0.1) is 22.7 Å². The largest absolute Gasteiger partial charge is 0.462 e. The van der Waals surface area contributed by atoms with Crippen molar-refractivity contribution in [2.75, 3.05) is 6.61 Å². The van der Waals surface area contributed by atoms with Crippen LogP contribution in [0.4, 0.5) is 18.9 Å². The van der Waals surface area contributed by atoms with E-state index in [-0.39, 0.29) is 6.61 Å². The zero-order valence-corrected chi connectivity index (χ0v) is 11.2. The number of hydrogen-bond acceptors (Lipinski definition) is 6. The SMILES string of the molecule is CCOC(=O)c1c(C#N)cc([N+](=O)[O-])cc1SC(F)(F)F. The standard InChI is InChI=1S/C11H7F3N2O4S/c1-2-20-10(17)9-6(5-15)3-7(16(18)19)4-8(9)21-11(12,13)14/h3-4H,2H2,1H3. The average molecular weight is 320 g/mol. The van der Waals surface area contributed by atoms with Crippen LogP contribution in [0.25, 0.3) is 0 Å². The number of nitro benzene ring substituents is 1. The molecule has 21 heavy (non-hydrogen) atoms. The number of esters is 1. The lowest BCUT2D eigenvalue weighted by atomic mass is 10.1. The maximum absolute atomic E-state index is 12.5. The number of nitrogens with zero attached hydrogens (tertiary/aromatic N) is 2. The van der Waals surface area contributed by atoms with E-state index in [2.05, 4.69) is 4.74 Å². The Labute approximate surface area is 120 Å². The van der Waals surface area contributed by atoms with E-state index in [9.17, 15) is 28.1 Å². The van der Waals surface area contributed by atoms with Gasteiger partial charge in [0.2, 0.25) is 0 Å². The van der Waals surface area contributed by atoms with Crippen molar-refractivity contribution in [2.45, 2.75) is 17.3 Å². The van der Waals surface area contributed by atoms with Gasteiger partial charge < -0.3 is 4.74 Å². The maximum Gasteiger partial charge on any atom is 0.446 e. The van der Waals surface area contributed by atoms with Gasteiger partial charge in [0.1, 0.15) is 6.07 Å². The Hall–Kier alpha value is -2.28. The van der Waals surface area contributed by atoms with Gasteiger partial charge in [0, 0.05) is 17.0 Å². The molecule has 0 spiro atoms. The van der Waals surface area contributed by atoms with E-state index in [1.165, 1.54) is 13.0 Å². The fourth-order valence-electron chi connectivity index (χ4n) is 1.41. The molecular formula is C11H7F3N2O4S. The highest BCUT2D eigenvalue weighted by atomic mass is 32.2. The van der Waals surface area contributed by atoms with E-state index in [0.29, 0.717) is 6.07 Å². The predicted molar refractivity (Wildman–Crippen MR) is 65.7 cm³/mol. The number of nitriles is 1. The smallest absolute Gasteiger partial charge is 0.446 e. The van der Waals surface area contributed by atoms with Crippen LogP contribution in [0.1, 0.15) is 22.8 Å². The van der Waals surface area contributed by atoms with Gasteiger partial charge in [-0.15, -0.1) is 0 Å². The van der Waals surface area contributed by atoms with E-state index < -0.39 is 49.9 Å². The number of halogens is 3. The molecule has 0 radical (unpaired) electrons. The Morgan fingerprint density at radius 1 is 1.52 bits per heavy atom. The predicted octanol–water partition coefficient (Wildman–Crippen LogP) is 3.26. The minimum Gasteiger partial charge on any atom is -0.462 e. The number of hydrogen-bond donors (Lipinski definition) is 0. The fraction of sp³-hybridized carbons (Fsp3) is 0.273. The van der Waals surface area contributed by atoms with Crippen molar-refractivity contribution < 1.29 is 27.6 Å². The molecule has 1 rings (SSSR count). The van der Waals surface area contributed by atoms with Gasteiger partial charge in [-0.1, -0.05) is 0 Å². The number of ether oxygens (including phenoxy) is 1. The van der Waals surface area contributed by atoms with Crippen LogP contribution in [0.15, 0.2) is 17.0 Å². The molecule has 0 atom stereocenters. The van der Waals surface area contributed by atoms with Crippen LogP contribution in [0, 0.1) is 21.4 Å². The third-order valence-electron chi connectivity index (χ3n) is 2.12. The van der Waals surface area contributed by atoms with Gasteiger partial charge in [0.25, 0.3) is 5.69 Å². The van der Waals surface area contributed by atoms with Crippen LogP contribution in [-0.4, -0.2) is 23.0 Å². The van der Waals surface area contributed by atoms with Crippen LogP contribution in [-0.2, 0) is 4.74 Å². The summed E-state index contributed by atoms with van der Waals surface area (Å²) in [5, 5.41) is 19.6. The zero-order chi connectivity index (χ0) is 16.2. The molecule has 0 aliphatic rings. The molecule has 1 aromatic carbocycles. The van der Waals surface area contributed by atoms with Crippen LogP contribution in [0.3, 0.4) is 0 Å². The highest BCUT2D eigenvalue weighted by Gasteiger charge is 2.34. The summed E-state index contributed by atoms with van der Waals surface area (Å²) in [4.78, 5) is 20.7. The van der Waals surface area contributed by atoms with E-state index in [0.717, 1.165) is 6.07 Å². The van der Waals surface area contributed by atoms with Crippen LogP contribution in [0.5, 0.6) is 0 Å². The van der Waals surface area contributed by atoms with Gasteiger partial charge in [-0.05, 0) is 18.7 Å². The molecule has 0 heterocycles. The van der Waals surface area contributed by atoms with Crippen LogP contribution >= 0.6 is 11.8 Å². The second-order valence-corrected chi connectivity index (χ2v) is 4.61. The fourth-order valence-corrected chi connectivity index (χ4v) is 2.14. The molecule has 0 unspecified atom stereocenters. The molecule has 0 aliphatic heterocycles. The highest BCUT2D eigenvalue weighted by Crippen LogP contribution is 2.41. The lowest BCUT2D eigenvalue weighted by Crippen LogP contribution is -2.11. The summed E-state index contributed by atoms with van der Waals surface area (Å²) in [6, 6.07) is 2.79. The number of non-ortho nitro benzene ring substituents is 1. The molecular weight excluding hydrogens is 313 g/mol. The average Bonchev–Trinajstić information content (AvgIpc) is 2.35. The Balaban J connectivity index is 3.53. The third kappa shape index (κ3) is 4.35. The molecule has 0 aromatic heterocycles. The Bertz CT molecular complexity index is 625. The van der Waals surface area contributed by atoms with Gasteiger partial charge >= 0.3 is 11.5 Å². The number of nitro groups is 1. The molecule has 0 fully saturated rings. The summed E-state index contributed by atoms with van der Waals surface area (Å²) in [5.41, 5.74) is -6.67. The van der Waals surface area contributed by atoms with Crippen molar-refractivity contribution in [3.05, 3.63) is 33.4 Å². The minimum atomic E-state index is -4.77. The first-order valence-electron chi connectivity index (χ1n) is 5.35. The van der Waals surface area contributed by atoms with E-state index in [4.69, 9.17) is 5.26 Å². The molecule has 0 saturated carbocycles. The maximum atomic E-state index is 12.5. The van der Waals surface area contributed by atoms with Crippen molar-refractivity contribution in [1.29, 1.82) is 5.26 Å². The van der Waals surface area contributed by atoms with Crippen molar-refractivity contribution >= 4 is 23.4 Å². The van der Waals surface area contributed by atoms with Gasteiger partial charge in [-0.25, -0.2) is 4.79 Å². The van der Waals surface area contributed by atoms with E-state index in [1.54, 1.807) is 0 Å². The summed E-state index contributed by atoms with van der Waals surface area (Å²) in [6.07, 6.45) is 0. The Kier molecular flexibility index (Phi) is 5.15. The van der Waals surface area contributed by atoms with Gasteiger partial charge in [-0.2, -0.15) is 18.4 Å². The quantitative estimate of drug-likeness (QED) is 0.366. The molecule has 6 nitrogen and oxygen atoms in total. The minimum absolute atomic E-state index is 0.114. The zero-order valence-electron chi connectivity index (χ0n) is 10.4. The molecule has 0 N–H and O–H groups in total. The number of carbonyl (C=O) groups is 1. The first kappa shape index (κ1) is 16.8. The summed E-state index contributed by atoms with van der Waals surface area (Å²) in [7, 11) is 0. The summed E-state index contributed by atoms with van der Waals surface area (Å²) in [5.74, 6) is -1.14. The number of carbonyl (C=O) groups excluding carboxylic acids is 1. The van der Waals surface area contributed by atoms with Crippen molar-refractivity contribution in [3.8, 4) is 6.07 Å². The van der Waals surface area contributed by atoms with Crippen molar-refractivity contribution in [2.24, 2.45) is 0 Å². The summed E-state index contributed by atoms with van der Waals surface area (Å²) < 4.78 is 42.1. The van der Waals surface area contributed by atoms with Crippen molar-refractivity contribution in [3.63, 3.8) is 0 Å². The highest BCUT2D eigenvalue weighted by molar-refractivity contribution is 8.00. The molecule has 0 saturated heterocycles. The van der Waals surface area contributed by atoms with Crippen LogP contribution in [0.2, 0.25) is 0 Å². The van der Waals surface area contributed by atoms with Crippen molar-refractivity contribution in [1.82, 2.24) is 0 Å². The van der Waals surface area contributed by atoms with E-state index in [1.807, 2.05) is 0 Å². The van der Waals surface area contributed by atoms with Crippen LogP contribution < -0.4 is 0 Å². The molecule has 10 heteroatoms. The molecule has 0 aliphatic carbocycles. The Morgan fingerprint density at radius 2 is 2.14 bits per heavy atom. The monoisotopic (exact) mass is 320 g/mol. The van der Waals surface area contributed by atoms with Gasteiger partial charge in [-0.3, -0.25) is 10.1 Å². The third-order valence-corrected chi connectivity index (χ3v) is 2.90. The molecule has 1 aromatic rings. The molecule has 0 bridgehead atoms. The number of thioether (sulfide) groups is 1. The Morgan fingerprint density at radius 3 is 2.57 bits per heavy atom. The lowest BCUT2D eigenvalue weighted by molar-refractivity contribution is -0.385. The summed E-state index contributed by atoms with van der Waals surface area (Å²) >= 11 is -0.714. The number of alkyl halides is 3.